The molecule has 0 aromatic heterocycles. The summed E-state index contributed by atoms with van der Waals surface area (Å²) in [5, 5.41) is 5.12. The molecule has 8 heteroatoms. The minimum absolute atomic E-state index is 0.146. The van der Waals surface area contributed by atoms with Crippen LogP contribution in [0.3, 0.4) is 0 Å². The molecule has 0 rings (SSSR count). The van der Waals surface area contributed by atoms with E-state index >= 15 is 0 Å². The van der Waals surface area contributed by atoms with Crippen LogP contribution in [-0.4, -0.2) is 50.1 Å². The Morgan fingerprint density at radius 2 is 1.14 bits per heavy atom. The van der Waals surface area contributed by atoms with E-state index in [-0.39, 0.29) is 25.0 Å². The molecule has 0 aliphatic carbocycles. The predicted molar refractivity (Wildman–Crippen MR) is 77.7 cm³/mol. The van der Waals surface area contributed by atoms with Crippen molar-refractivity contribution in [3.8, 4) is 0 Å². The van der Waals surface area contributed by atoms with Gasteiger partial charge in [0.15, 0.2) is 0 Å². The molecule has 0 aromatic rings. The zero-order valence-corrected chi connectivity index (χ0v) is 12.8. The van der Waals surface area contributed by atoms with E-state index in [0.29, 0.717) is 25.9 Å². The van der Waals surface area contributed by atoms with Gasteiger partial charge in [0.25, 0.3) is 0 Å². The first kappa shape index (κ1) is 19.6. The molecule has 0 aliphatic heterocycles. The predicted octanol–water partition coefficient (Wildman–Crippen LogP) is -0.319. The molecule has 0 saturated heterocycles. The Bertz CT molecular complexity index is 382. The van der Waals surface area contributed by atoms with Gasteiger partial charge in [-0.1, -0.05) is 0 Å². The molecule has 8 nitrogen and oxygen atoms in total. The molecule has 2 amide bonds. The SMILES string of the molecule is CC(=O)NCCCOC(=O)/C=C/C(=O)OCCCNC(C)=O. The van der Waals surface area contributed by atoms with E-state index in [1.165, 1.54) is 13.8 Å². The molecule has 0 atom stereocenters. The standard InChI is InChI=1S/C14H22N2O6/c1-11(17)15-7-3-9-21-13(19)5-6-14(20)22-10-4-8-16-12(2)18/h5-6H,3-4,7-10H2,1-2H3,(H,15,17)(H,16,18)/b6-5+. The number of esters is 2. The number of nitrogens with one attached hydrogen (secondary N) is 2. The molecule has 124 valence electrons. The number of rotatable bonds is 10. The summed E-state index contributed by atoms with van der Waals surface area (Å²) >= 11 is 0. The van der Waals surface area contributed by atoms with E-state index in [0.717, 1.165) is 12.2 Å². The quantitative estimate of drug-likeness (QED) is 0.325. The topological polar surface area (TPSA) is 111 Å². The minimum atomic E-state index is -0.655. The Balaban J connectivity index is 3.63. The van der Waals surface area contributed by atoms with Gasteiger partial charge >= 0.3 is 11.9 Å². The van der Waals surface area contributed by atoms with Gasteiger partial charge in [-0.15, -0.1) is 0 Å². The maximum atomic E-state index is 11.2. The lowest BCUT2D eigenvalue weighted by atomic mass is 10.4. The summed E-state index contributed by atoms with van der Waals surface area (Å²) in [6.45, 7) is 3.93. The van der Waals surface area contributed by atoms with Crippen molar-refractivity contribution in [3.63, 3.8) is 0 Å². The van der Waals surface area contributed by atoms with E-state index in [9.17, 15) is 19.2 Å². The first-order valence-corrected chi connectivity index (χ1v) is 6.92. The number of hydrogen-bond acceptors (Lipinski definition) is 6. The summed E-state index contributed by atoms with van der Waals surface area (Å²) < 4.78 is 9.62. The smallest absolute Gasteiger partial charge is 0.331 e. The minimum Gasteiger partial charge on any atom is -0.462 e. The van der Waals surface area contributed by atoms with Gasteiger partial charge in [-0.05, 0) is 12.8 Å². The van der Waals surface area contributed by atoms with E-state index in [2.05, 4.69) is 10.6 Å². The Kier molecular flexibility index (Phi) is 11.0. The van der Waals surface area contributed by atoms with Gasteiger partial charge in [-0.3, -0.25) is 9.59 Å². The summed E-state index contributed by atoms with van der Waals surface area (Å²) in [6.07, 6.45) is 2.95. The van der Waals surface area contributed by atoms with Gasteiger partial charge in [-0.2, -0.15) is 0 Å². The molecule has 2 N–H and O–H groups in total. The Hall–Kier alpha value is -2.38. The summed E-state index contributed by atoms with van der Waals surface area (Å²) in [5.74, 6) is -1.60. The Labute approximate surface area is 129 Å². The zero-order valence-electron chi connectivity index (χ0n) is 12.8. The number of hydrogen-bond donors (Lipinski definition) is 2. The number of carbonyl (C=O) groups is 4. The summed E-state index contributed by atoms with van der Waals surface area (Å²) in [7, 11) is 0. The van der Waals surface area contributed by atoms with Gasteiger partial charge < -0.3 is 20.1 Å². The van der Waals surface area contributed by atoms with E-state index in [4.69, 9.17) is 9.47 Å². The average molecular weight is 314 g/mol. The highest BCUT2D eigenvalue weighted by molar-refractivity contribution is 5.91. The molecule has 22 heavy (non-hydrogen) atoms. The fourth-order valence-corrected chi connectivity index (χ4v) is 1.25. The van der Waals surface area contributed by atoms with Crippen molar-refractivity contribution < 1.29 is 28.7 Å². The van der Waals surface area contributed by atoms with Crippen LogP contribution in [-0.2, 0) is 28.7 Å². The molecule has 0 heterocycles. The van der Waals surface area contributed by atoms with Crippen LogP contribution >= 0.6 is 0 Å². The van der Waals surface area contributed by atoms with Gasteiger partial charge in [0, 0.05) is 39.1 Å². The van der Waals surface area contributed by atoms with E-state index in [1.807, 2.05) is 0 Å². The third kappa shape index (κ3) is 14.0. The van der Waals surface area contributed by atoms with Gasteiger partial charge in [0.05, 0.1) is 13.2 Å². The average Bonchev–Trinajstić information content (AvgIpc) is 2.43. The first-order chi connectivity index (χ1) is 10.4. The lowest BCUT2D eigenvalue weighted by Crippen LogP contribution is -2.22. The van der Waals surface area contributed by atoms with Gasteiger partial charge in [0.2, 0.25) is 11.8 Å². The van der Waals surface area contributed by atoms with Crippen LogP contribution in [0.1, 0.15) is 26.7 Å². The van der Waals surface area contributed by atoms with Crippen molar-refractivity contribution in [2.75, 3.05) is 26.3 Å². The summed E-state index contributed by atoms with van der Waals surface area (Å²) in [4.78, 5) is 43.6. The molecule has 0 bridgehead atoms. The monoisotopic (exact) mass is 314 g/mol. The number of ether oxygens (including phenoxy) is 2. The third-order valence-corrected chi connectivity index (χ3v) is 2.23. The van der Waals surface area contributed by atoms with Crippen molar-refractivity contribution in [1.82, 2.24) is 10.6 Å². The van der Waals surface area contributed by atoms with E-state index in [1.54, 1.807) is 0 Å². The third-order valence-electron chi connectivity index (χ3n) is 2.23. The molecule has 0 fully saturated rings. The van der Waals surface area contributed by atoms with Crippen molar-refractivity contribution in [2.24, 2.45) is 0 Å². The fourth-order valence-electron chi connectivity index (χ4n) is 1.25. The lowest BCUT2D eigenvalue weighted by Gasteiger charge is -2.03. The Morgan fingerprint density at radius 1 is 0.773 bits per heavy atom. The second kappa shape index (κ2) is 12.4. The van der Waals surface area contributed by atoms with Crippen molar-refractivity contribution in [2.45, 2.75) is 26.7 Å². The molecule has 0 aromatic carbocycles. The fraction of sp³-hybridized carbons (Fsp3) is 0.571. The normalized spacial score (nSPS) is 10.1. The summed E-state index contributed by atoms with van der Waals surface area (Å²) in [5.41, 5.74) is 0. The highest BCUT2D eigenvalue weighted by Gasteiger charge is 2.01. The maximum Gasteiger partial charge on any atom is 0.331 e. The Morgan fingerprint density at radius 3 is 1.45 bits per heavy atom. The summed E-state index contributed by atoms with van der Waals surface area (Å²) in [6, 6.07) is 0. The number of carbonyl (C=O) groups excluding carboxylic acids is 4. The first-order valence-electron chi connectivity index (χ1n) is 6.92. The van der Waals surface area contributed by atoms with Crippen molar-refractivity contribution in [1.29, 1.82) is 0 Å². The van der Waals surface area contributed by atoms with E-state index < -0.39 is 11.9 Å². The van der Waals surface area contributed by atoms with Crippen molar-refractivity contribution in [3.05, 3.63) is 12.2 Å². The molecule has 0 radical (unpaired) electrons. The molecular weight excluding hydrogens is 292 g/mol. The van der Waals surface area contributed by atoms with Crippen LogP contribution in [0.4, 0.5) is 0 Å². The van der Waals surface area contributed by atoms with Gasteiger partial charge in [0.1, 0.15) is 0 Å². The molecule has 0 spiro atoms. The lowest BCUT2D eigenvalue weighted by molar-refractivity contribution is -0.140. The molecule has 0 aliphatic rings. The van der Waals surface area contributed by atoms with Crippen LogP contribution in [0, 0.1) is 0 Å². The second-order valence-electron chi connectivity index (χ2n) is 4.34. The molecule has 0 unspecified atom stereocenters. The molecule has 0 saturated carbocycles. The van der Waals surface area contributed by atoms with Crippen LogP contribution in [0.25, 0.3) is 0 Å². The number of amides is 2. The second-order valence-corrected chi connectivity index (χ2v) is 4.34. The van der Waals surface area contributed by atoms with Crippen LogP contribution in [0.5, 0.6) is 0 Å². The van der Waals surface area contributed by atoms with Crippen molar-refractivity contribution >= 4 is 23.8 Å². The zero-order chi connectivity index (χ0) is 16.8. The highest BCUT2D eigenvalue weighted by atomic mass is 16.5. The highest BCUT2D eigenvalue weighted by Crippen LogP contribution is 1.89. The van der Waals surface area contributed by atoms with Crippen LogP contribution in [0.2, 0.25) is 0 Å². The maximum absolute atomic E-state index is 11.2. The van der Waals surface area contributed by atoms with Crippen LogP contribution < -0.4 is 10.6 Å². The van der Waals surface area contributed by atoms with Gasteiger partial charge in [-0.25, -0.2) is 9.59 Å². The van der Waals surface area contributed by atoms with Crippen LogP contribution in [0.15, 0.2) is 12.2 Å². The largest absolute Gasteiger partial charge is 0.462 e. The molecular formula is C14H22N2O6.